The lowest BCUT2D eigenvalue weighted by Gasteiger charge is -2.10. The molecule has 1 aromatic heterocycles. The van der Waals surface area contributed by atoms with Gasteiger partial charge in [-0.05, 0) is 24.3 Å². The first-order valence-electron chi connectivity index (χ1n) is 5.59. The summed E-state index contributed by atoms with van der Waals surface area (Å²) in [7, 11) is 0. The zero-order valence-corrected chi connectivity index (χ0v) is 11.7. The number of hydrogen-bond acceptors (Lipinski definition) is 5. The Morgan fingerprint density at radius 1 is 1.32 bits per heavy atom. The summed E-state index contributed by atoms with van der Waals surface area (Å²) in [6, 6.07) is 7.40. The lowest BCUT2D eigenvalue weighted by Crippen LogP contribution is -2.06. The molecule has 0 radical (unpaired) electrons. The Bertz CT molecular complexity index is 571. The number of aromatic nitrogens is 2. The average molecular weight is 321 g/mol. The predicted octanol–water partition coefficient (Wildman–Crippen LogP) is 3.21. The molecule has 1 aromatic carbocycles. The van der Waals surface area contributed by atoms with Crippen LogP contribution in [-0.4, -0.2) is 16.5 Å². The largest absolute Gasteiger partial charge is 0.437 e. The van der Waals surface area contributed by atoms with Crippen LogP contribution in [0.1, 0.15) is 0 Å². The van der Waals surface area contributed by atoms with E-state index in [0.29, 0.717) is 29.7 Å². The Balaban J connectivity index is 2.20. The van der Waals surface area contributed by atoms with Crippen LogP contribution in [0.4, 0.5) is 11.5 Å². The summed E-state index contributed by atoms with van der Waals surface area (Å²) in [6.45, 7) is 4.19. The molecule has 0 saturated carbocycles. The second-order valence-corrected chi connectivity index (χ2v) is 4.58. The summed E-state index contributed by atoms with van der Waals surface area (Å²) in [4.78, 5) is 8.08. The first-order valence-corrected chi connectivity index (χ1v) is 6.38. The minimum Gasteiger partial charge on any atom is -0.437 e. The first-order chi connectivity index (χ1) is 9.20. The lowest BCUT2D eigenvalue weighted by molar-refractivity contribution is 0.464. The molecule has 0 amide bonds. The van der Waals surface area contributed by atoms with E-state index in [1.165, 1.54) is 6.33 Å². The van der Waals surface area contributed by atoms with Gasteiger partial charge in [-0.3, -0.25) is 0 Å². The van der Waals surface area contributed by atoms with Gasteiger partial charge in [-0.15, -0.1) is 6.58 Å². The number of nitrogens with two attached hydrogens (primary N) is 1. The molecule has 0 fully saturated rings. The van der Waals surface area contributed by atoms with Crippen LogP contribution in [0.5, 0.6) is 11.6 Å². The SMILES string of the molecule is C=CCNc1ncnc(Oc2ccc(Br)cc2)c1N. The van der Waals surface area contributed by atoms with Crippen molar-refractivity contribution in [3.63, 3.8) is 0 Å². The van der Waals surface area contributed by atoms with Crippen molar-refractivity contribution in [2.75, 3.05) is 17.6 Å². The van der Waals surface area contributed by atoms with Gasteiger partial charge in [0.05, 0.1) is 0 Å². The van der Waals surface area contributed by atoms with Crippen LogP contribution < -0.4 is 15.8 Å². The molecule has 3 N–H and O–H groups in total. The Labute approximate surface area is 119 Å². The normalized spacial score (nSPS) is 9.95. The summed E-state index contributed by atoms with van der Waals surface area (Å²) in [5.41, 5.74) is 6.31. The maximum atomic E-state index is 5.95. The molecule has 0 aliphatic carbocycles. The number of nitrogen functional groups attached to an aromatic ring is 1. The van der Waals surface area contributed by atoms with Crippen LogP contribution in [0.15, 0.2) is 47.7 Å². The van der Waals surface area contributed by atoms with E-state index in [9.17, 15) is 0 Å². The molecular formula is C13H13BrN4O. The molecule has 6 heteroatoms. The number of ether oxygens (including phenoxy) is 1. The first kappa shape index (κ1) is 13.4. The highest BCUT2D eigenvalue weighted by molar-refractivity contribution is 9.10. The van der Waals surface area contributed by atoms with E-state index in [1.54, 1.807) is 6.08 Å². The lowest BCUT2D eigenvalue weighted by atomic mass is 10.3. The second kappa shape index (κ2) is 6.19. The molecule has 0 unspecified atom stereocenters. The molecule has 0 bridgehead atoms. The van der Waals surface area contributed by atoms with Crippen molar-refractivity contribution < 1.29 is 4.74 Å². The topological polar surface area (TPSA) is 73.1 Å². The molecule has 0 spiro atoms. The van der Waals surface area contributed by atoms with Gasteiger partial charge in [0.1, 0.15) is 17.8 Å². The number of benzene rings is 1. The molecule has 1 heterocycles. The number of nitrogens with zero attached hydrogens (tertiary/aromatic N) is 2. The van der Waals surface area contributed by atoms with Crippen molar-refractivity contribution in [2.45, 2.75) is 0 Å². The van der Waals surface area contributed by atoms with E-state index < -0.39 is 0 Å². The van der Waals surface area contributed by atoms with Gasteiger partial charge in [-0.1, -0.05) is 22.0 Å². The molecule has 0 aliphatic rings. The fraction of sp³-hybridized carbons (Fsp3) is 0.0769. The quantitative estimate of drug-likeness (QED) is 0.827. The molecule has 2 aromatic rings. The molecule has 0 aliphatic heterocycles. The highest BCUT2D eigenvalue weighted by Crippen LogP contribution is 2.29. The fourth-order valence-corrected chi connectivity index (χ4v) is 1.65. The number of halogens is 1. The Morgan fingerprint density at radius 3 is 2.74 bits per heavy atom. The van der Waals surface area contributed by atoms with Crippen LogP contribution in [-0.2, 0) is 0 Å². The standard InChI is InChI=1S/C13H13BrN4O/c1-2-7-16-12-11(15)13(18-8-17-12)19-10-5-3-9(14)4-6-10/h2-6,8H,1,7,15H2,(H,16,17,18). The van der Waals surface area contributed by atoms with Crippen LogP contribution in [0, 0.1) is 0 Å². The minimum atomic E-state index is 0.323. The van der Waals surface area contributed by atoms with Crippen molar-refractivity contribution in [1.82, 2.24) is 9.97 Å². The molecule has 0 atom stereocenters. The van der Waals surface area contributed by atoms with Gasteiger partial charge in [0, 0.05) is 11.0 Å². The fourth-order valence-electron chi connectivity index (χ4n) is 1.38. The summed E-state index contributed by atoms with van der Waals surface area (Å²) >= 11 is 3.36. The van der Waals surface area contributed by atoms with Crippen molar-refractivity contribution in [2.24, 2.45) is 0 Å². The molecule has 98 valence electrons. The molecular weight excluding hydrogens is 308 g/mol. The summed E-state index contributed by atoms with van der Waals surface area (Å²) in [6.07, 6.45) is 3.12. The molecule has 19 heavy (non-hydrogen) atoms. The van der Waals surface area contributed by atoms with E-state index in [2.05, 4.69) is 37.8 Å². The van der Waals surface area contributed by atoms with Gasteiger partial charge in [0.2, 0.25) is 5.88 Å². The van der Waals surface area contributed by atoms with Gasteiger partial charge in [-0.2, -0.15) is 4.98 Å². The predicted molar refractivity (Wildman–Crippen MR) is 79.3 cm³/mol. The van der Waals surface area contributed by atoms with Gasteiger partial charge in [0.25, 0.3) is 0 Å². The molecule has 5 nitrogen and oxygen atoms in total. The molecule has 2 rings (SSSR count). The van der Waals surface area contributed by atoms with Gasteiger partial charge in [0.15, 0.2) is 5.82 Å². The van der Waals surface area contributed by atoms with Gasteiger partial charge >= 0.3 is 0 Å². The van der Waals surface area contributed by atoms with Crippen LogP contribution in [0.2, 0.25) is 0 Å². The maximum absolute atomic E-state index is 5.95. The van der Waals surface area contributed by atoms with Gasteiger partial charge < -0.3 is 15.8 Å². The van der Waals surface area contributed by atoms with Crippen molar-refractivity contribution in [3.05, 3.63) is 47.7 Å². The summed E-state index contributed by atoms with van der Waals surface area (Å²) in [5.74, 6) is 1.51. The van der Waals surface area contributed by atoms with E-state index in [1.807, 2.05) is 24.3 Å². The number of hydrogen-bond donors (Lipinski definition) is 2. The third-order valence-electron chi connectivity index (χ3n) is 2.29. The van der Waals surface area contributed by atoms with Gasteiger partial charge in [-0.25, -0.2) is 4.98 Å². The van der Waals surface area contributed by atoms with E-state index in [4.69, 9.17) is 10.5 Å². The Hall–Kier alpha value is -2.08. The van der Waals surface area contributed by atoms with Crippen molar-refractivity contribution in [3.8, 4) is 11.6 Å². The van der Waals surface area contributed by atoms with Crippen molar-refractivity contribution in [1.29, 1.82) is 0 Å². The van der Waals surface area contributed by atoms with E-state index >= 15 is 0 Å². The minimum absolute atomic E-state index is 0.323. The highest BCUT2D eigenvalue weighted by atomic mass is 79.9. The van der Waals surface area contributed by atoms with Crippen LogP contribution >= 0.6 is 15.9 Å². The number of anilines is 2. The monoisotopic (exact) mass is 320 g/mol. The summed E-state index contributed by atoms with van der Waals surface area (Å²) < 4.78 is 6.60. The Kier molecular flexibility index (Phi) is 4.35. The third kappa shape index (κ3) is 3.45. The average Bonchev–Trinajstić information content (AvgIpc) is 2.42. The summed E-state index contributed by atoms with van der Waals surface area (Å²) in [5, 5.41) is 3.02. The zero-order chi connectivity index (χ0) is 13.7. The zero-order valence-electron chi connectivity index (χ0n) is 10.1. The van der Waals surface area contributed by atoms with E-state index in [0.717, 1.165) is 4.47 Å². The smallest absolute Gasteiger partial charge is 0.248 e. The number of nitrogens with one attached hydrogen (secondary N) is 1. The second-order valence-electron chi connectivity index (χ2n) is 3.67. The van der Waals surface area contributed by atoms with Crippen LogP contribution in [0.25, 0.3) is 0 Å². The van der Waals surface area contributed by atoms with E-state index in [-0.39, 0.29) is 0 Å². The highest BCUT2D eigenvalue weighted by Gasteiger charge is 2.09. The molecule has 0 saturated heterocycles. The Morgan fingerprint density at radius 2 is 2.05 bits per heavy atom. The number of rotatable bonds is 5. The maximum Gasteiger partial charge on any atom is 0.248 e. The van der Waals surface area contributed by atoms with Crippen LogP contribution in [0.3, 0.4) is 0 Å². The third-order valence-corrected chi connectivity index (χ3v) is 2.82. The van der Waals surface area contributed by atoms with Crippen molar-refractivity contribution >= 4 is 27.4 Å².